The van der Waals surface area contributed by atoms with Crippen LogP contribution in [0.1, 0.15) is 68.3 Å². The molecule has 0 aromatic carbocycles. The van der Waals surface area contributed by atoms with Crippen molar-refractivity contribution in [3.63, 3.8) is 0 Å². The molecule has 1 amide bonds. The fourth-order valence-electron chi connectivity index (χ4n) is 3.93. The molecule has 2 fully saturated rings. The van der Waals surface area contributed by atoms with Crippen molar-refractivity contribution < 1.29 is 14.7 Å². The normalized spacial score (nSPS) is 22.0. The van der Waals surface area contributed by atoms with Gasteiger partial charge in [0.1, 0.15) is 0 Å². The number of aromatic nitrogens is 1. The number of carbonyl (C=O) groups excluding carboxylic acids is 1. The van der Waals surface area contributed by atoms with E-state index in [1.807, 2.05) is 4.90 Å². The molecule has 1 atom stereocenters. The molecule has 1 aliphatic heterocycles. The highest BCUT2D eigenvalue weighted by atomic mass is 32.2. The molecule has 1 aliphatic carbocycles. The lowest BCUT2D eigenvalue weighted by Crippen LogP contribution is -2.44. The van der Waals surface area contributed by atoms with Crippen LogP contribution in [0.3, 0.4) is 0 Å². The van der Waals surface area contributed by atoms with E-state index in [9.17, 15) is 9.59 Å². The summed E-state index contributed by atoms with van der Waals surface area (Å²) in [4.78, 5) is 29.3. The summed E-state index contributed by atoms with van der Waals surface area (Å²) in [6, 6.07) is 0.886. The van der Waals surface area contributed by atoms with E-state index in [2.05, 4.69) is 10.3 Å². The second kappa shape index (κ2) is 10.4. The van der Waals surface area contributed by atoms with E-state index < -0.39 is 5.97 Å². The highest BCUT2D eigenvalue weighted by Crippen LogP contribution is 2.25. The van der Waals surface area contributed by atoms with Crippen molar-refractivity contribution >= 4 is 35.0 Å². The van der Waals surface area contributed by atoms with Gasteiger partial charge in [-0.1, -0.05) is 43.9 Å². The van der Waals surface area contributed by atoms with E-state index >= 15 is 0 Å². The molecular weight excluding hydrogens is 382 g/mol. The van der Waals surface area contributed by atoms with Gasteiger partial charge in [-0.05, 0) is 19.3 Å². The van der Waals surface area contributed by atoms with Crippen molar-refractivity contribution in [2.24, 2.45) is 0 Å². The minimum absolute atomic E-state index is 0.0982. The van der Waals surface area contributed by atoms with Gasteiger partial charge in [-0.15, -0.1) is 11.3 Å². The largest absolute Gasteiger partial charge is 0.476 e. The first-order valence-corrected chi connectivity index (χ1v) is 11.8. The maximum absolute atomic E-state index is 12.3. The van der Waals surface area contributed by atoms with Crippen LogP contribution in [0.2, 0.25) is 0 Å². The highest BCUT2D eigenvalue weighted by molar-refractivity contribution is 8.01. The van der Waals surface area contributed by atoms with Gasteiger partial charge in [0.05, 0.1) is 0 Å². The third-order valence-corrected chi connectivity index (χ3v) is 7.46. The van der Waals surface area contributed by atoms with Crippen molar-refractivity contribution in [2.45, 2.75) is 74.2 Å². The van der Waals surface area contributed by atoms with Crippen molar-refractivity contribution in [2.75, 3.05) is 18.8 Å². The Morgan fingerprint density at radius 2 is 2.00 bits per heavy atom. The van der Waals surface area contributed by atoms with Crippen LogP contribution in [0.25, 0.3) is 0 Å². The number of likely N-dealkylation sites (tertiary alicyclic amines) is 1. The summed E-state index contributed by atoms with van der Waals surface area (Å²) in [5.74, 6) is -0.00304. The third kappa shape index (κ3) is 6.19. The van der Waals surface area contributed by atoms with Gasteiger partial charge in [0.25, 0.3) is 0 Å². The summed E-state index contributed by atoms with van der Waals surface area (Å²) in [5.41, 5.74) is 0.0982. The van der Waals surface area contributed by atoms with Crippen molar-refractivity contribution in [3.05, 3.63) is 11.1 Å². The molecule has 2 aliphatic rings. The monoisotopic (exact) mass is 411 g/mol. The Labute approximate surface area is 169 Å². The van der Waals surface area contributed by atoms with Crippen LogP contribution in [-0.4, -0.2) is 57.8 Å². The van der Waals surface area contributed by atoms with Crippen LogP contribution < -0.4 is 5.32 Å². The minimum atomic E-state index is -0.992. The van der Waals surface area contributed by atoms with Gasteiger partial charge in [0.2, 0.25) is 5.91 Å². The zero-order valence-electron chi connectivity index (χ0n) is 15.7. The Kier molecular flexibility index (Phi) is 7.96. The van der Waals surface area contributed by atoms with Crippen LogP contribution in [0.5, 0.6) is 0 Å². The number of thioether (sulfide) groups is 1. The molecular formula is C19H29N3O3S2. The van der Waals surface area contributed by atoms with Gasteiger partial charge in [0, 0.05) is 42.7 Å². The van der Waals surface area contributed by atoms with Crippen LogP contribution >= 0.6 is 23.1 Å². The molecule has 0 radical (unpaired) electrons. The van der Waals surface area contributed by atoms with E-state index in [1.54, 1.807) is 5.38 Å². The summed E-state index contributed by atoms with van der Waals surface area (Å²) in [6.45, 7) is 1.59. The number of carboxylic acid groups (broad SMARTS) is 1. The Morgan fingerprint density at radius 3 is 2.70 bits per heavy atom. The lowest BCUT2D eigenvalue weighted by molar-refractivity contribution is -0.128. The molecule has 3 rings (SSSR count). The first kappa shape index (κ1) is 20.6. The van der Waals surface area contributed by atoms with Crippen LogP contribution in [-0.2, 0) is 4.79 Å². The van der Waals surface area contributed by atoms with Gasteiger partial charge in [-0.25, -0.2) is 9.78 Å². The summed E-state index contributed by atoms with van der Waals surface area (Å²) < 4.78 is 0.753. The average molecular weight is 412 g/mol. The number of carboxylic acids is 1. The number of nitrogens with zero attached hydrogens (tertiary/aromatic N) is 2. The third-order valence-electron chi connectivity index (χ3n) is 5.46. The standard InChI is InChI=1S/C19H29N3O3S2/c23-17-9-8-15(12-20-14-6-4-2-1-3-5-7-14)22(17)10-11-26-19-21-16(13-27-19)18(24)25/h13-15,20H,1-12H2,(H,24,25)/t15-/m1/s1. The predicted molar refractivity (Wildman–Crippen MR) is 109 cm³/mol. The lowest BCUT2D eigenvalue weighted by Gasteiger charge is -2.28. The molecule has 150 valence electrons. The number of amides is 1. The number of thiazole rings is 1. The summed E-state index contributed by atoms with van der Waals surface area (Å²) in [5, 5.41) is 14.2. The first-order chi connectivity index (χ1) is 13.1. The first-order valence-electron chi connectivity index (χ1n) is 9.98. The molecule has 0 spiro atoms. The van der Waals surface area contributed by atoms with Gasteiger partial charge >= 0.3 is 5.97 Å². The molecule has 8 heteroatoms. The molecule has 1 saturated carbocycles. The number of nitrogens with one attached hydrogen (secondary N) is 1. The van der Waals surface area contributed by atoms with Crippen molar-refractivity contribution in [3.8, 4) is 0 Å². The van der Waals surface area contributed by atoms with Gasteiger partial charge in [-0.3, -0.25) is 4.79 Å². The van der Waals surface area contributed by atoms with E-state index in [-0.39, 0.29) is 17.6 Å². The number of hydrogen-bond donors (Lipinski definition) is 2. The Bertz CT molecular complexity index is 629. The maximum Gasteiger partial charge on any atom is 0.355 e. The Hall–Kier alpha value is -1.12. The molecule has 1 saturated heterocycles. The summed E-state index contributed by atoms with van der Waals surface area (Å²) in [6.07, 6.45) is 10.8. The van der Waals surface area contributed by atoms with E-state index in [1.165, 1.54) is 68.0 Å². The zero-order chi connectivity index (χ0) is 19.1. The number of aromatic carboxylic acids is 1. The number of hydrogen-bond acceptors (Lipinski definition) is 6. The SMILES string of the molecule is O=C(O)c1csc(SCCN2C(=O)CC[C@@H]2CNC2CCCCCCC2)n1. The zero-order valence-corrected chi connectivity index (χ0v) is 17.3. The van der Waals surface area contributed by atoms with Crippen LogP contribution in [0, 0.1) is 0 Å². The molecule has 6 nitrogen and oxygen atoms in total. The highest BCUT2D eigenvalue weighted by Gasteiger charge is 2.30. The van der Waals surface area contributed by atoms with E-state index in [0.29, 0.717) is 19.0 Å². The van der Waals surface area contributed by atoms with E-state index in [4.69, 9.17) is 5.11 Å². The van der Waals surface area contributed by atoms with Crippen molar-refractivity contribution in [1.82, 2.24) is 15.2 Å². The molecule has 0 bridgehead atoms. The molecule has 0 unspecified atom stereocenters. The van der Waals surface area contributed by atoms with Gasteiger partial charge in [0.15, 0.2) is 10.0 Å². The second-order valence-electron chi connectivity index (χ2n) is 7.38. The van der Waals surface area contributed by atoms with E-state index in [0.717, 1.165) is 23.1 Å². The minimum Gasteiger partial charge on any atom is -0.476 e. The molecule has 27 heavy (non-hydrogen) atoms. The predicted octanol–water partition coefficient (Wildman–Crippen LogP) is 3.63. The topological polar surface area (TPSA) is 82.5 Å². The number of rotatable bonds is 8. The summed E-state index contributed by atoms with van der Waals surface area (Å²) in [7, 11) is 0. The molecule has 2 heterocycles. The Balaban J connectivity index is 1.43. The van der Waals surface area contributed by atoms with Crippen LogP contribution in [0.15, 0.2) is 9.72 Å². The van der Waals surface area contributed by atoms with Crippen LogP contribution in [0.4, 0.5) is 0 Å². The fourth-order valence-corrected chi connectivity index (χ4v) is 5.74. The number of carbonyl (C=O) groups is 2. The molecule has 1 aromatic rings. The summed E-state index contributed by atoms with van der Waals surface area (Å²) >= 11 is 2.88. The molecule has 2 N–H and O–H groups in total. The Morgan fingerprint density at radius 1 is 1.26 bits per heavy atom. The maximum atomic E-state index is 12.3. The van der Waals surface area contributed by atoms with Gasteiger partial charge < -0.3 is 15.3 Å². The average Bonchev–Trinajstić information content (AvgIpc) is 3.22. The molecule has 1 aromatic heterocycles. The quantitative estimate of drug-likeness (QED) is 0.636. The lowest BCUT2D eigenvalue weighted by atomic mass is 9.96. The smallest absolute Gasteiger partial charge is 0.355 e. The second-order valence-corrected chi connectivity index (χ2v) is 9.58. The fraction of sp³-hybridized carbons (Fsp3) is 0.737. The van der Waals surface area contributed by atoms with Crippen molar-refractivity contribution in [1.29, 1.82) is 0 Å². The van der Waals surface area contributed by atoms with Gasteiger partial charge in [-0.2, -0.15) is 0 Å².